The molecule has 0 fully saturated rings. The highest BCUT2D eigenvalue weighted by atomic mass is 16.2. The molecule has 2 amide bonds. The van der Waals surface area contributed by atoms with Crippen molar-refractivity contribution in [3.8, 4) is 0 Å². The maximum absolute atomic E-state index is 12.2. The highest BCUT2D eigenvalue weighted by Gasteiger charge is 2.35. The molecule has 5 heteroatoms. The predicted octanol–water partition coefficient (Wildman–Crippen LogP) is 0.378. The number of carbonyl (C=O) groups is 2. The monoisotopic (exact) mass is 243 g/mol. The van der Waals surface area contributed by atoms with Crippen LogP contribution in [0.1, 0.15) is 40.5 Å². The Morgan fingerprint density at radius 3 is 1.94 bits per heavy atom. The lowest BCUT2D eigenvalue weighted by atomic mass is 9.81. The highest BCUT2D eigenvalue weighted by molar-refractivity contribution is 5.89. The molecule has 0 radical (unpaired) electrons. The first-order valence-corrected chi connectivity index (χ1v) is 6.15. The Kier molecular flexibility index (Phi) is 6.16. The molecule has 0 rings (SSSR count). The van der Waals surface area contributed by atoms with Crippen LogP contribution in [0.4, 0.5) is 0 Å². The standard InChI is InChI=1S/C12H25N3O2/c1-5-12(6-2,7-13)11(17)15-9(8(3)4)10(14)16/h8-9H,5-7,13H2,1-4H3,(H2,14,16)(H,15,17). The van der Waals surface area contributed by atoms with E-state index in [4.69, 9.17) is 11.5 Å². The Morgan fingerprint density at radius 2 is 1.71 bits per heavy atom. The molecule has 0 saturated heterocycles. The van der Waals surface area contributed by atoms with Crippen molar-refractivity contribution in [3.63, 3.8) is 0 Å². The van der Waals surface area contributed by atoms with E-state index in [1.165, 1.54) is 0 Å². The topological polar surface area (TPSA) is 98.2 Å². The number of hydrogen-bond acceptors (Lipinski definition) is 3. The molecular weight excluding hydrogens is 218 g/mol. The quantitative estimate of drug-likeness (QED) is 0.602. The van der Waals surface area contributed by atoms with E-state index in [0.717, 1.165) is 0 Å². The normalized spacial score (nSPS) is 13.5. The Labute approximate surface area is 103 Å². The summed E-state index contributed by atoms with van der Waals surface area (Å²) >= 11 is 0. The summed E-state index contributed by atoms with van der Waals surface area (Å²) in [7, 11) is 0. The van der Waals surface area contributed by atoms with Gasteiger partial charge in [-0.1, -0.05) is 27.7 Å². The molecule has 5 N–H and O–H groups in total. The number of nitrogens with one attached hydrogen (secondary N) is 1. The average Bonchev–Trinajstić information content (AvgIpc) is 2.28. The molecule has 1 unspecified atom stereocenters. The van der Waals surface area contributed by atoms with Crippen molar-refractivity contribution in [2.45, 2.75) is 46.6 Å². The lowest BCUT2D eigenvalue weighted by molar-refractivity contribution is -0.135. The molecule has 0 saturated carbocycles. The van der Waals surface area contributed by atoms with Crippen LogP contribution in [0.15, 0.2) is 0 Å². The molecule has 5 nitrogen and oxygen atoms in total. The van der Waals surface area contributed by atoms with Gasteiger partial charge in [0.1, 0.15) is 6.04 Å². The molecule has 0 aliphatic carbocycles. The third-order valence-corrected chi connectivity index (χ3v) is 3.49. The van der Waals surface area contributed by atoms with E-state index in [1.807, 2.05) is 27.7 Å². The molecule has 0 spiro atoms. The highest BCUT2D eigenvalue weighted by Crippen LogP contribution is 2.25. The van der Waals surface area contributed by atoms with Gasteiger partial charge in [-0.25, -0.2) is 0 Å². The second kappa shape index (κ2) is 6.59. The summed E-state index contributed by atoms with van der Waals surface area (Å²) in [4.78, 5) is 23.4. The summed E-state index contributed by atoms with van der Waals surface area (Å²) in [5.74, 6) is -0.713. The number of primary amides is 1. The van der Waals surface area contributed by atoms with Crippen molar-refractivity contribution in [1.29, 1.82) is 0 Å². The van der Waals surface area contributed by atoms with Gasteiger partial charge in [0.2, 0.25) is 11.8 Å². The molecule has 0 aromatic carbocycles. The zero-order valence-electron chi connectivity index (χ0n) is 11.2. The molecule has 0 aliphatic rings. The van der Waals surface area contributed by atoms with Gasteiger partial charge in [-0.3, -0.25) is 9.59 Å². The second-order valence-electron chi connectivity index (χ2n) is 4.79. The maximum Gasteiger partial charge on any atom is 0.240 e. The summed E-state index contributed by atoms with van der Waals surface area (Å²) in [6, 6.07) is -0.633. The molecule has 100 valence electrons. The predicted molar refractivity (Wildman–Crippen MR) is 68.0 cm³/mol. The molecule has 0 heterocycles. The van der Waals surface area contributed by atoms with Crippen molar-refractivity contribution in [3.05, 3.63) is 0 Å². The van der Waals surface area contributed by atoms with E-state index < -0.39 is 17.4 Å². The van der Waals surface area contributed by atoms with E-state index in [1.54, 1.807) is 0 Å². The molecule has 0 aromatic rings. The van der Waals surface area contributed by atoms with Crippen LogP contribution in [0.2, 0.25) is 0 Å². The van der Waals surface area contributed by atoms with Crippen LogP contribution in [0.25, 0.3) is 0 Å². The van der Waals surface area contributed by atoms with Gasteiger partial charge in [-0.2, -0.15) is 0 Å². The fourth-order valence-corrected chi connectivity index (χ4v) is 1.81. The Hall–Kier alpha value is -1.10. The zero-order chi connectivity index (χ0) is 13.6. The summed E-state index contributed by atoms with van der Waals surface area (Å²) in [6.45, 7) is 7.81. The number of amides is 2. The SMILES string of the molecule is CCC(CC)(CN)C(=O)NC(C(N)=O)C(C)C. The average molecular weight is 243 g/mol. The third-order valence-electron chi connectivity index (χ3n) is 3.49. The van der Waals surface area contributed by atoms with Crippen LogP contribution >= 0.6 is 0 Å². The van der Waals surface area contributed by atoms with E-state index in [0.29, 0.717) is 12.8 Å². The number of carbonyl (C=O) groups excluding carboxylic acids is 2. The van der Waals surface area contributed by atoms with Gasteiger partial charge in [0.25, 0.3) is 0 Å². The van der Waals surface area contributed by atoms with E-state index in [9.17, 15) is 9.59 Å². The molecular formula is C12H25N3O2. The van der Waals surface area contributed by atoms with E-state index >= 15 is 0 Å². The van der Waals surface area contributed by atoms with Gasteiger partial charge in [-0.05, 0) is 18.8 Å². The largest absolute Gasteiger partial charge is 0.368 e. The number of nitrogens with two attached hydrogens (primary N) is 2. The third kappa shape index (κ3) is 3.70. The first-order chi connectivity index (χ1) is 7.84. The van der Waals surface area contributed by atoms with Gasteiger partial charge in [-0.15, -0.1) is 0 Å². The smallest absolute Gasteiger partial charge is 0.240 e. The first-order valence-electron chi connectivity index (χ1n) is 6.15. The summed E-state index contributed by atoms with van der Waals surface area (Å²) in [5.41, 5.74) is 10.4. The van der Waals surface area contributed by atoms with Gasteiger partial charge in [0.05, 0.1) is 5.41 Å². The Bertz CT molecular complexity index is 265. The van der Waals surface area contributed by atoms with Crippen LogP contribution in [-0.4, -0.2) is 24.4 Å². The van der Waals surface area contributed by atoms with E-state index in [2.05, 4.69) is 5.32 Å². The van der Waals surface area contributed by atoms with Crippen LogP contribution in [0.5, 0.6) is 0 Å². The number of hydrogen-bond donors (Lipinski definition) is 3. The molecule has 1 atom stereocenters. The van der Waals surface area contributed by atoms with Crippen molar-refractivity contribution in [1.82, 2.24) is 5.32 Å². The lowest BCUT2D eigenvalue weighted by Crippen LogP contribution is -2.54. The first kappa shape index (κ1) is 15.9. The zero-order valence-corrected chi connectivity index (χ0v) is 11.2. The maximum atomic E-state index is 12.2. The Morgan fingerprint density at radius 1 is 1.24 bits per heavy atom. The van der Waals surface area contributed by atoms with Gasteiger partial charge >= 0.3 is 0 Å². The summed E-state index contributed by atoms with van der Waals surface area (Å²) in [6.07, 6.45) is 1.30. The minimum Gasteiger partial charge on any atom is -0.368 e. The van der Waals surface area contributed by atoms with Crippen LogP contribution in [0.3, 0.4) is 0 Å². The molecule has 0 aromatic heterocycles. The Balaban J connectivity index is 4.86. The van der Waals surface area contributed by atoms with Crippen molar-refractivity contribution in [2.75, 3.05) is 6.54 Å². The van der Waals surface area contributed by atoms with Gasteiger partial charge in [0, 0.05) is 6.54 Å². The van der Waals surface area contributed by atoms with Crippen molar-refractivity contribution < 1.29 is 9.59 Å². The molecule has 0 aliphatic heterocycles. The second-order valence-corrected chi connectivity index (χ2v) is 4.79. The van der Waals surface area contributed by atoms with Crippen LogP contribution < -0.4 is 16.8 Å². The molecule has 17 heavy (non-hydrogen) atoms. The number of rotatable bonds is 7. The van der Waals surface area contributed by atoms with Crippen molar-refractivity contribution >= 4 is 11.8 Å². The molecule has 0 bridgehead atoms. The van der Waals surface area contributed by atoms with Gasteiger partial charge in [0.15, 0.2) is 0 Å². The van der Waals surface area contributed by atoms with Crippen molar-refractivity contribution in [2.24, 2.45) is 22.8 Å². The fraction of sp³-hybridized carbons (Fsp3) is 0.833. The summed E-state index contributed by atoms with van der Waals surface area (Å²) in [5, 5.41) is 2.72. The fourth-order valence-electron chi connectivity index (χ4n) is 1.81. The summed E-state index contributed by atoms with van der Waals surface area (Å²) < 4.78 is 0. The van der Waals surface area contributed by atoms with E-state index in [-0.39, 0.29) is 18.4 Å². The van der Waals surface area contributed by atoms with Gasteiger partial charge < -0.3 is 16.8 Å². The minimum atomic E-state index is -0.633. The minimum absolute atomic E-state index is 0.0272. The van der Waals surface area contributed by atoms with Crippen LogP contribution in [-0.2, 0) is 9.59 Å². The van der Waals surface area contributed by atoms with Crippen LogP contribution in [0, 0.1) is 11.3 Å². The lowest BCUT2D eigenvalue weighted by Gasteiger charge is -2.31.